The SMILES string of the molecule is Cc1nccc(NC(C)C)c1F. The smallest absolute Gasteiger partial charge is 0.167 e. The van der Waals surface area contributed by atoms with E-state index in [1.54, 1.807) is 19.2 Å². The molecule has 0 bridgehead atoms. The molecule has 0 aliphatic rings. The number of aryl methyl sites for hydroxylation is 1. The molecule has 0 amide bonds. The van der Waals surface area contributed by atoms with Crippen LogP contribution in [0.3, 0.4) is 0 Å². The normalized spacial score (nSPS) is 10.4. The molecule has 0 spiro atoms. The van der Waals surface area contributed by atoms with Gasteiger partial charge in [0.15, 0.2) is 5.82 Å². The van der Waals surface area contributed by atoms with Crippen LogP contribution in [0.1, 0.15) is 19.5 Å². The van der Waals surface area contributed by atoms with Crippen molar-refractivity contribution < 1.29 is 4.39 Å². The number of aromatic nitrogens is 1. The van der Waals surface area contributed by atoms with Gasteiger partial charge in [-0.05, 0) is 26.8 Å². The van der Waals surface area contributed by atoms with Gasteiger partial charge in [-0.3, -0.25) is 4.98 Å². The van der Waals surface area contributed by atoms with Crippen LogP contribution in [0.25, 0.3) is 0 Å². The Labute approximate surface area is 71.8 Å². The molecular formula is C9H13FN2. The second-order valence-electron chi connectivity index (χ2n) is 3.06. The highest BCUT2D eigenvalue weighted by molar-refractivity contribution is 5.45. The zero-order valence-electron chi connectivity index (χ0n) is 7.56. The molecule has 1 heterocycles. The zero-order chi connectivity index (χ0) is 9.14. The van der Waals surface area contributed by atoms with Crippen LogP contribution in [0.2, 0.25) is 0 Å². The van der Waals surface area contributed by atoms with Crippen molar-refractivity contribution in [3.05, 3.63) is 23.8 Å². The van der Waals surface area contributed by atoms with Crippen LogP contribution in [-0.2, 0) is 0 Å². The molecule has 1 aromatic rings. The average Bonchev–Trinajstić information content (AvgIpc) is 1.98. The average molecular weight is 168 g/mol. The van der Waals surface area contributed by atoms with Crippen molar-refractivity contribution in [1.82, 2.24) is 4.98 Å². The first-order valence-electron chi connectivity index (χ1n) is 3.99. The highest BCUT2D eigenvalue weighted by atomic mass is 19.1. The van der Waals surface area contributed by atoms with Gasteiger partial charge >= 0.3 is 0 Å². The van der Waals surface area contributed by atoms with Crippen LogP contribution in [0, 0.1) is 12.7 Å². The van der Waals surface area contributed by atoms with Crippen molar-refractivity contribution in [3.63, 3.8) is 0 Å². The van der Waals surface area contributed by atoms with Gasteiger partial charge in [0.05, 0.1) is 11.4 Å². The number of halogens is 1. The van der Waals surface area contributed by atoms with Gasteiger partial charge in [-0.2, -0.15) is 0 Å². The van der Waals surface area contributed by atoms with Crippen LogP contribution in [0.4, 0.5) is 10.1 Å². The van der Waals surface area contributed by atoms with Crippen molar-refractivity contribution in [2.24, 2.45) is 0 Å². The van der Waals surface area contributed by atoms with E-state index in [1.165, 1.54) is 0 Å². The number of hydrogen-bond acceptors (Lipinski definition) is 2. The summed E-state index contributed by atoms with van der Waals surface area (Å²) >= 11 is 0. The fourth-order valence-corrected chi connectivity index (χ4v) is 0.971. The third kappa shape index (κ3) is 1.94. The fourth-order valence-electron chi connectivity index (χ4n) is 0.971. The Bertz CT molecular complexity index is 271. The van der Waals surface area contributed by atoms with Crippen molar-refractivity contribution in [2.45, 2.75) is 26.8 Å². The number of anilines is 1. The molecular weight excluding hydrogens is 155 g/mol. The second-order valence-corrected chi connectivity index (χ2v) is 3.06. The number of hydrogen-bond donors (Lipinski definition) is 1. The van der Waals surface area contributed by atoms with Crippen LogP contribution < -0.4 is 5.32 Å². The summed E-state index contributed by atoms with van der Waals surface area (Å²) < 4.78 is 13.2. The summed E-state index contributed by atoms with van der Waals surface area (Å²) in [6, 6.07) is 1.88. The van der Waals surface area contributed by atoms with Crippen molar-refractivity contribution in [1.29, 1.82) is 0 Å². The Balaban J connectivity index is 2.92. The minimum absolute atomic E-state index is 0.237. The maximum atomic E-state index is 13.2. The first-order valence-corrected chi connectivity index (χ1v) is 3.99. The Morgan fingerprint density at radius 1 is 1.50 bits per heavy atom. The summed E-state index contributed by atoms with van der Waals surface area (Å²) in [7, 11) is 0. The van der Waals surface area contributed by atoms with Gasteiger partial charge in [0.25, 0.3) is 0 Å². The van der Waals surface area contributed by atoms with E-state index >= 15 is 0 Å². The van der Waals surface area contributed by atoms with Gasteiger partial charge in [0, 0.05) is 12.2 Å². The lowest BCUT2D eigenvalue weighted by atomic mass is 10.3. The molecule has 0 aliphatic heterocycles. The zero-order valence-corrected chi connectivity index (χ0v) is 7.56. The van der Waals surface area contributed by atoms with E-state index in [0.29, 0.717) is 11.4 Å². The molecule has 12 heavy (non-hydrogen) atoms. The number of pyridine rings is 1. The van der Waals surface area contributed by atoms with E-state index in [4.69, 9.17) is 0 Å². The monoisotopic (exact) mass is 168 g/mol. The molecule has 1 aromatic heterocycles. The van der Waals surface area contributed by atoms with Crippen LogP contribution >= 0.6 is 0 Å². The summed E-state index contributed by atoms with van der Waals surface area (Å²) in [4.78, 5) is 3.83. The maximum absolute atomic E-state index is 13.2. The number of rotatable bonds is 2. The lowest BCUT2D eigenvalue weighted by Gasteiger charge is -2.10. The van der Waals surface area contributed by atoms with Crippen molar-refractivity contribution in [2.75, 3.05) is 5.32 Å². The standard InChI is InChI=1S/C9H13FN2/c1-6(2)12-8-4-5-11-7(3)9(8)10/h4-6H,1-3H3,(H,11,12). The quantitative estimate of drug-likeness (QED) is 0.733. The summed E-state index contributed by atoms with van der Waals surface area (Å²) in [6.07, 6.45) is 1.60. The molecule has 66 valence electrons. The highest BCUT2D eigenvalue weighted by Crippen LogP contribution is 2.15. The molecule has 0 atom stereocenters. The van der Waals surface area contributed by atoms with Crippen molar-refractivity contribution >= 4 is 5.69 Å². The van der Waals surface area contributed by atoms with Gasteiger partial charge in [0.2, 0.25) is 0 Å². The van der Waals surface area contributed by atoms with E-state index in [2.05, 4.69) is 10.3 Å². The summed E-state index contributed by atoms with van der Waals surface area (Å²) in [5, 5.41) is 3.00. The largest absolute Gasteiger partial charge is 0.380 e. The Morgan fingerprint density at radius 3 is 2.75 bits per heavy atom. The molecule has 0 aromatic carbocycles. The summed E-state index contributed by atoms with van der Waals surface area (Å²) in [6.45, 7) is 5.59. The van der Waals surface area contributed by atoms with E-state index < -0.39 is 0 Å². The fraction of sp³-hybridized carbons (Fsp3) is 0.444. The van der Waals surface area contributed by atoms with Gasteiger partial charge in [0.1, 0.15) is 0 Å². The Kier molecular flexibility index (Phi) is 2.63. The molecule has 3 heteroatoms. The predicted octanol–water partition coefficient (Wildman–Crippen LogP) is 2.35. The first kappa shape index (κ1) is 8.97. The second kappa shape index (κ2) is 3.52. The van der Waals surface area contributed by atoms with Crippen LogP contribution in [-0.4, -0.2) is 11.0 Å². The number of nitrogens with zero attached hydrogens (tertiary/aromatic N) is 1. The topological polar surface area (TPSA) is 24.9 Å². The van der Waals surface area contributed by atoms with Crippen LogP contribution in [0.5, 0.6) is 0 Å². The van der Waals surface area contributed by atoms with Crippen molar-refractivity contribution in [3.8, 4) is 0 Å². The Morgan fingerprint density at radius 2 is 2.17 bits per heavy atom. The maximum Gasteiger partial charge on any atom is 0.167 e. The molecule has 0 unspecified atom stereocenters. The third-order valence-corrected chi connectivity index (χ3v) is 1.51. The van der Waals surface area contributed by atoms with Crippen LogP contribution in [0.15, 0.2) is 12.3 Å². The van der Waals surface area contributed by atoms with Gasteiger partial charge in [-0.15, -0.1) is 0 Å². The number of nitrogens with one attached hydrogen (secondary N) is 1. The summed E-state index contributed by atoms with van der Waals surface area (Å²) in [5.41, 5.74) is 0.957. The molecule has 0 saturated heterocycles. The van der Waals surface area contributed by atoms with E-state index in [1.807, 2.05) is 13.8 Å². The Hall–Kier alpha value is -1.12. The van der Waals surface area contributed by atoms with E-state index in [9.17, 15) is 4.39 Å². The summed E-state index contributed by atoms with van der Waals surface area (Å²) in [5.74, 6) is -0.258. The molecule has 0 radical (unpaired) electrons. The van der Waals surface area contributed by atoms with Gasteiger partial charge in [-0.25, -0.2) is 4.39 Å². The molecule has 0 saturated carbocycles. The molecule has 2 nitrogen and oxygen atoms in total. The molecule has 0 aliphatic carbocycles. The lowest BCUT2D eigenvalue weighted by Crippen LogP contribution is -2.11. The van der Waals surface area contributed by atoms with Gasteiger partial charge in [-0.1, -0.05) is 0 Å². The molecule has 1 N–H and O–H groups in total. The van der Waals surface area contributed by atoms with E-state index in [-0.39, 0.29) is 11.9 Å². The van der Waals surface area contributed by atoms with Gasteiger partial charge < -0.3 is 5.32 Å². The minimum Gasteiger partial charge on any atom is -0.380 e. The molecule has 0 fully saturated rings. The first-order chi connectivity index (χ1) is 5.61. The van der Waals surface area contributed by atoms with E-state index in [0.717, 1.165) is 0 Å². The lowest BCUT2D eigenvalue weighted by molar-refractivity contribution is 0.610. The highest BCUT2D eigenvalue weighted by Gasteiger charge is 2.05. The minimum atomic E-state index is -0.258. The third-order valence-electron chi connectivity index (χ3n) is 1.51. The predicted molar refractivity (Wildman–Crippen MR) is 47.7 cm³/mol. The molecule has 1 rings (SSSR count).